The van der Waals surface area contributed by atoms with E-state index in [-0.39, 0.29) is 6.04 Å². The standard InChI is InChI=1S/C17H20BrNO2/c1-4-21-16-10-9-13(11-17(16)20-3)19-12(2)14-7-5-6-8-15(14)18/h5-12,19H,4H2,1-3H3. The van der Waals surface area contributed by atoms with Gasteiger partial charge in [0.25, 0.3) is 0 Å². The van der Waals surface area contributed by atoms with Gasteiger partial charge >= 0.3 is 0 Å². The maximum Gasteiger partial charge on any atom is 0.162 e. The molecule has 112 valence electrons. The highest BCUT2D eigenvalue weighted by Crippen LogP contribution is 2.32. The van der Waals surface area contributed by atoms with Crippen molar-refractivity contribution in [3.8, 4) is 11.5 Å². The fourth-order valence-electron chi connectivity index (χ4n) is 2.19. The minimum atomic E-state index is 0.184. The third-order valence-corrected chi connectivity index (χ3v) is 3.94. The molecule has 0 aromatic heterocycles. The van der Waals surface area contributed by atoms with E-state index in [1.165, 1.54) is 5.56 Å². The van der Waals surface area contributed by atoms with Gasteiger partial charge in [-0.25, -0.2) is 0 Å². The normalized spacial score (nSPS) is 11.8. The second-order valence-electron chi connectivity index (χ2n) is 4.69. The van der Waals surface area contributed by atoms with Crippen LogP contribution in [0.15, 0.2) is 46.9 Å². The van der Waals surface area contributed by atoms with Crippen molar-refractivity contribution in [2.45, 2.75) is 19.9 Å². The Balaban J connectivity index is 2.18. The summed E-state index contributed by atoms with van der Waals surface area (Å²) in [7, 11) is 1.65. The van der Waals surface area contributed by atoms with Crippen LogP contribution >= 0.6 is 15.9 Å². The van der Waals surface area contributed by atoms with Crippen LogP contribution in [0.25, 0.3) is 0 Å². The number of rotatable bonds is 6. The molecule has 2 rings (SSSR count). The second kappa shape index (κ2) is 7.36. The maximum atomic E-state index is 5.53. The van der Waals surface area contributed by atoms with Crippen molar-refractivity contribution >= 4 is 21.6 Å². The summed E-state index contributed by atoms with van der Waals surface area (Å²) < 4.78 is 12.0. The summed E-state index contributed by atoms with van der Waals surface area (Å²) in [6.45, 7) is 4.71. The molecule has 0 amide bonds. The number of benzene rings is 2. The lowest BCUT2D eigenvalue weighted by Gasteiger charge is -2.18. The van der Waals surface area contributed by atoms with E-state index < -0.39 is 0 Å². The molecule has 2 aromatic carbocycles. The molecule has 0 radical (unpaired) electrons. The number of hydrogen-bond acceptors (Lipinski definition) is 3. The van der Waals surface area contributed by atoms with Crippen molar-refractivity contribution in [1.82, 2.24) is 0 Å². The zero-order valence-electron chi connectivity index (χ0n) is 12.5. The summed E-state index contributed by atoms with van der Waals surface area (Å²) in [6, 6.07) is 14.3. The Labute approximate surface area is 134 Å². The molecular weight excluding hydrogens is 330 g/mol. The molecular formula is C17H20BrNO2. The molecule has 0 spiro atoms. The first-order valence-corrected chi connectivity index (χ1v) is 7.76. The van der Waals surface area contributed by atoms with Gasteiger partial charge in [0, 0.05) is 22.3 Å². The van der Waals surface area contributed by atoms with E-state index in [0.29, 0.717) is 6.61 Å². The minimum Gasteiger partial charge on any atom is -0.493 e. The Morgan fingerprint density at radius 2 is 1.90 bits per heavy atom. The summed E-state index contributed by atoms with van der Waals surface area (Å²) in [5.74, 6) is 1.50. The quantitative estimate of drug-likeness (QED) is 0.793. The molecule has 0 aliphatic carbocycles. The van der Waals surface area contributed by atoms with Gasteiger partial charge in [-0.2, -0.15) is 0 Å². The highest BCUT2D eigenvalue weighted by atomic mass is 79.9. The Kier molecular flexibility index (Phi) is 5.51. The average Bonchev–Trinajstić information content (AvgIpc) is 2.49. The zero-order valence-corrected chi connectivity index (χ0v) is 14.1. The highest BCUT2D eigenvalue weighted by Gasteiger charge is 2.10. The summed E-state index contributed by atoms with van der Waals surface area (Å²) in [4.78, 5) is 0. The van der Waals surface area contributed by atoms with E-state index in [0.717, 1.165) is 21.7 Å². The van der Waals surface area contributed by atoms with Crippen LogP contribution in [0.5, 0.6) is 11.5 Å². The lowest BCUT2D eigenvalue weighted by atomic mass is 10.1. The zero-order chi connectivity index (χ0) is 15.2. The van der Waals surface area contributed by atoms with Crippen molar-refractivity contribution in [3.63, 3.8) is 0 Å². The lowest BCUT2D eigenvalue weighted by Crippen LogP contribution is -2.07. The SMILES string of the molecule is CCOc1ccc(NC(C)c2ccccc2Br)cc1OC. The van der Waals surface area contributed by atoms with Gasteiger partial charge in [-0.1, -0.05) is 34.1 Å². The van der Waals surface area contributed by atoms with Crippen LogP contribution < -0.4 is 14.8 Å². The Morgan fingerprint density at radius 3 is 2.57 bits per heavy atom. The van der Waals surface area contributed by atoms with Crippen LogP contribution in [0, 0.1) is 0 Å². The smallest absolute Gasteiger partial charge is 0.162 e. The number of nitrogens with one attached hydrogen (secondary N) is 1. The average molecular weight is 350 g/mol. The fourth-order valence-corrected chi connectivity index (χ4v) is 2.81. The molecule has 1 unspecified atom stereocenters. The topological polar surface area (TPSA) is 30.5 Å². The Hall–Kier alpha value is -1.68. The predicted octanol–water partition coefficient (Wildman–Crippen LogP) is 5.03. The van der Waals surface area contributed by atoms with E-state index >= 15 is 0 Å². The molecule has 4 heteroatoms. The number of anilines is 1. The molecule has 0 saturated heterocycles. The maximum absolute atomic E-state index is 5.53. The van der Waals surface area contributed by atoms with E-state index in [2.05, 4.69) is 34.2 Å². The second-order valence-corrected chi connectivity index (χ2v) is 5.54. The van der Waals surface area contributed by atoms with Crippen LogP contribution in [-0.4, -0.2) is 13.7 Å². The first-order chi connectivity index (χ1) is 10.2. The third-order valence-electron chi connectivity index (χ3n) is 3.22. The van der Waals surface area contributed by atoms with Crippen LogP contribution in [-0.2, 0) is 0 Å². The monoisotopic (exact) mass is 349 g/mol. The van der Waals surface area contributed by atoms with Gasteiger partial charge < -0.3 is 14.8 Å². The summed E-state index contributed by atoms with van der Waals surface area (Å²) >= 11 is 3.59. The molecule has 0 aliphatic heterocycles. The molecule has 2 aromatic rings. The van der Waals surface area contributed by atoms with E-state index in [4.69, 9.17) is 9.47 Å². The third kappa shape index (κ3) is 3.91. The molecule has 3 nitrogen and oxygen atoms in total. The number of halogens is 1. The van der Waals surface area contributed by atoms with E-state index in [1.807, 2.05) is 43.3 Å². The number of hydrogen-bond donors (Lipinski definition) is 1. The van der Waals surface area contributed by atoms with Crippen LogP contribution in [0.1, 0.15) is 25.5 Å². The van der Waals surface area contributed by atoms with Gasteiger partial charge in [0.1, 0.15) is 0 Å². The van der Waals surface area contributed by atoms with Crippen molar-refractivity contribution in [2.24, 2.45) is 0 Å². The van der Waals surface area contributed by atoms with Crippen LogP contribution in [0.4, 0.5) is 5.69 Å². The molecule has 0 heterocycles. The fraction of sp³-hybridized carbons (Fsp3) is 0.294. The van der Waals surface area contributed by atoms with Crippen molar-refractivity contribution in [3.05, 3.63) is 52.5 Å². The molecule has 0 aliphatic rings. The molecule has 0 saturated carbocycles. The van der Waals surface area contributed by atoms with Crippen LogP contribution in [0.3, 0.4) is 0 Å². The van der Waals surface area contributed by atoms with Gasteiger partial charge in [-0.05, 0) is 37.6 Å². The van der Waals surface area contributed by atoms with E-state index in [1.54, 1.807) is 7.11 Å². The first-order valence-electron chi connectivity index (χ1n) is 6.97. The largest absolute Gasteiger partial charge is 0.493 e. The molecule has 0 fully saturated rings. The minimum absolute atomic E-state index is 0.184. The summed E-state index contributed by atoms with van der Waals surface area (Å²) in [6.07, 6.45) is 0. The van der Waals surface area contributed by atoms with E-state index in [9.17, 15) is 0 Å². The molecule has 1 atom stereocenters. The summed E-state index contributed by atoms with van der Waals surface area (Å²) in [5, 5.41) is 3.48. The van der Waals surface area contributed by atoms with Gasteiger partial charge in [0.05, 0.1) is 13.7 Å². The van der Waals surface area contributed by atoms with Gasteiger partial charge in [-0.3, -0.25) is 0 Å². The van der Waals surface area contributed by atoms with Gasteiger partial charge in [-0.15, -0.1) is 0 Å². The lowest BCUT2D eigenvalue weighted by molar-refractivity contribution is 0.311. The van der Waals surface area contributed by atoms with Crippen molar-refractivity contribution in [2.75, 3.05) is 19.0 Å². The highest BCUT2D eigenvalue weighted by molar-refractivity contribution is 9.10. The number of methoxy groups -OCH3 is 1. The molecule has 1 N–H and O–H groups in total. The van der Waals surface area contributed by atoms with Crippen molar-refractivity contribution in [1.29, 1.82) is 0 Å². The molecule has 21 heavy (non-hydrogen) atoms. The van der Waals surface area contributed by atoms with Gasteiger partial charge in [0.2, 0.25) is 0 Å². The Bertz CT molecular complexity index is 601. The number of ether oxygens (including phenoxy) is 2. The first kappa shape index (κ1) is 15.7. The predicted molar refractivity (Wildman–Crippen MR) is 90.3 cm³/mol. The Morgan fingerprint density at radius 1 is 1.14 bits per heavy atom. The molecule has 0 bridgehead atoms. The summed E-state index contributed by atoms with van der Waals surface area (Å²) in [5.41, 5.74) is 2.21. The van der Waals surface area contributed by atoms with Crippen molar-refractivity contribution < 1.29 is 9.47 Å². The van der Waals surface area contributed by atoms with Gasteiger partial charge in [0.15, 0.2) is 11.5 Å². The van der Waals surface area contributed by atoms with Crippen LogP contribution in [0.2, 0.25) is 0 Å².